The highest BCUT2D eigenvalue weighted by Crippen LogP contribution is 2.54. The number of rotatable bonds is 8. The number of aliphatic hydroxyl groups excluding tert-OH is 2. The Bertz CT molecular complexity index is 964. The number of furan rings is 1. The summed E-state index contributed by atoms with van der Waals surface area (Å²) in [6.07, 6.45) is 5.24. The second-order valence-electron chi connectivity index (χ2n) is 10.1. The molecule has 1 aliphatic carbocycles. The zero-order valence-corrected chi connectivity index (χ0v) is 19.5. The predicted octanol–water partition coefficient (Wildman–Crippen LogP) is 4.71. The molecule has 6 heteroatoms. The molecule has 1 aliphatic heterocycles. The number of hydrogen-bond donors (Lipinski definition) is 3. The molecule has 176 valence electrons. The monoisotopic (exact) mass is 444 g/mol. The van der Waals surface area contributed by atoms with Gasteiger partial charge in [-0.05, 0) is 61.5 Å². The maximum atomic E-state index is 11.8. The van der Waals surface area contributed by atoms with Crippen molar-refractivity contribution in [1.82, 2.24) is 0 Å². The largest absolute Gasteiger partial charge is 0.507 e. The van der Waals surface area contributed by atoms with E-state index in [0.717, 1.165) is 35.8 Å². The SMILES string of the molecule is CCC[C@@H](c1coc2c(C=O)c(O)c(CC(C)C)cc12)C1C[C@@H](O)C2(OC2CC)[C@H](O)C1. The fraction of sp³-hybridized carbons (Fsp3) is 0.654. The van der Waals surface area contributed by atoms with Crippen molar-refractivity contribution in [2.24, 2.45) is 11.8 Å². The molecule has 2 fully saturated rings. The van der Waals surface area contributed by atoms with Gasteiger partial charge in [0.15, 0.2) is 6.29 Å². The third-order valence-corrected chi connectivity index (χ3v) is 7.55. The highest BCUT2D eigenvalue weighted by atomic mass is 16.6. The maximum absolute atomic E-state index is 11.8. The van der Waals surface area contributed by atoms with E-state index < -0.39 is 17.8 Å². The summed E-state index contributed by atoms with van der Waals surface area (Å²) in [4.78, 5) is 11.8. The Labute approximate surface area is 189 Å². The minimum atomic E-state index is -0.804. The summed E-state index contributed by atoms with van der Waals surface area (Å²) in [6.45, 7) is 8.28. The molecular weight excluding hydrogens is 408 g/mol. The number of aliphatic hydroxyl groups is 2. The van der Waals surface area contributed by atoms with Gasteiger partial charge in [-0.25, -0.2) is 0 Å². The molecule has 1 aromatic carbocycles. The van der Waals surface area contributed by atoms with Crippen LogP contribution in [0.1, 0.15) is 87.2 Å². The zero-order valence-electron chi connectivity index (χ0n) is 19.5. The van der Waals surface area contributed by atoms with Gasteiger partial charge in [0.2, 0.25) is 0 Å². The Hall–Kier alpha value is -1.89. The van der Waals surface area contributed by atoms with Crippen LogP contribution in [-0.4, -0.2) is 45.5 Å². The van der Waals surface area contributed by atoms with Crippen molar-refractivity contribution in [3.05, 3.63) is 29.0 Å². The highest BCUT2D eigenvalue weighted by Gasteiger charge is 2.67. The molecule has 2 aliphatic rings. The summed E-state index contributed by atoms with van der Waals surface area (Å²) in [5.41, 5.74) is 1.53. The van der Waals surface area contributed by atoms with Crippen molar-refractivity contribution in [2.45, 2.75) is 96.1 Å². The smallest absolute Gasteiger partial charge is 0.157 e. The molecule has 6 nitrogen and oxygen atoms in total. The van der Waals surface area contributed by atoms with Crippen LogP contribution in [0, 0.1) is 11.8 Å². The van der Waals surface area contributed by atoms with Crippen LogP contribution >= 0.6 is 0 Å². The third-order valence-electron chi connectivity index (χ3n) is 7.55. The van der Waals surface area contributed by atoms with Gasteiger partial charge in [0.25, 0.3) is 0 Å². The van der Waals surface area contributed by atoms with Gasteiger partial charge in [-0.2, -0.15) is 0 Å². The van der Waals surface area contributed by atoms with E-state index in [9.17, 15) is 20.1 Å². The summed E-state index contributed by atoms with van der Waals surface area (Å²) in [7, 11) is 0. The van der Waals surface area contributed by atoms with E-state index in [2.05, 4.69) is 20.8 Å². The molecule has 32 heavy (non-hydrogen) atoms. The van der Waals surface area contributed by atoms with Crippen molar-refractivity contribution in [3.8, 4) is 5.75 Å². The average Bonchev–Trinajstić information content (AvgIpc) is 3.36. The lowest BCUT2D eigenvalue weighted by molar-refractivity contribution is -0.0689. The van der Waals surface area contributed by atoms with Crippen LogP contribution in [0.15, 0.2) is 16.7 Å². The predicted molar refractivity (Wildman–Crippen MR) is 122 cm³/mol. The van der Waals surface area contributed by atoms with Crippen LogP contribution in [0.5, 0.6) is 5.75 Å². The number of aldehydes is 1. The first-order valence-electron chi connectivity index (χ1n) is 12.0. The number of hydrogen-bond acceptors (Lipinski definition) is 6. The van der Waals surface area contributed by atoms with Gasteiger partial charge in [0, 0.05) is 10.9 Å². The summed E-state index contributed by atoms with van der Waals surface area (Å²) >= 11 is 0. The first-order valence-corrected chi connectivity index (χ1v) is 12.0. The van der Waals surface area contributed by atoms with E-state index in [1.54, 1.807) is 6.26 Å². The molecule has 1 spiro atoms. The van der Waals surface area contributed by atoms with Gasteiger partial charge in [0.1, 0.15) is 16.9 Å². The second kappa shape index (κ2) is 8.81. The Balaban J connectivity index is 1.73. The topological polar surface area (TPSA) is 103 Å². The first-order chi connectivity index (χ1) is 15.3. The molecular formula is C26H36O6. The lowest BCUT2D eigenvalue weighted by Gasteiger charge is -2.39. The van der Waals surface area contributed by atoms with Crippen molar-refractivity contribution in [2.75, 3.05) is 0 Å². The molecule has 3 N–H and O–H groups in total. The van der Waals surface area contributed by atoms with E-state index >= 15 is 0 Å². The van der Waals surface area contributed by atoms with Gasteiger partial charge in [-0.1, -0.05) is 34.1 Å². The molecule has 0 amide bonds. The van der Waals surface area contributed by atoms with Gasteiger partial charge >= 0.3 is 0 Å². The third kappa shape index (κ3) is 3.66. The molecule has 1 saturated carbocycles. The summed E-state index contributed by atoms with van der Waals surface area (Å²) in [5.74, 6) is 0.452. The first kappa shape index (κ1) is 23.3. The van der Waals surface area contributed by atoms with Crippen LogP contribution in [0.4, 0.5) is 0 Å². The Morgan fingerprint density at radius 3 is 2.44 bits per heavy atom. The van der Waals surface area contributed by atoms with Crippen LogP contribution in [0.25, 0.3) is 11.0 Å². The molecule has 4 atom stereocenters. The zero-order chi connectivity index (χ0) is 23.2. The Morgan fingerprint density at radius 2 is 1.91 bits per heavy atom. The number of epoxide rings is 1. The fourth-order valence-corrected chi connectivity index (χ4v) is 6.00. The average molecular weight is 445 g/mol. The number of phenolic OH excluding ortho intramolecular Hbond substituents is 1. The van der Waals surface area contributed by atoms with Gasteiger partial charge < -0.3 is 24.5 Å². The summed E-state index contributed by atoms with van der Waals surface area (Å²) in [5, 5.41) is 33.4. The maximum Gasteiger partial charge on any atom is 0.157 e. The van der Waals surface area contributed by atoms with Crippen molar-refractivity contribution >= 4 is 17.3 Å². The number of fused-ring (bicyclic) bond motifs is 1. The molecule has 2 heterocycles. The molecule has 0 bridgehead atoms. The van der Waals surface area contributed by atoms with Gasteiger partial charge in [-0.15, -0.1) is 0 Å². The highest BCUT2D eigenvalue weighted by molar-refractivity contribution is 6.00. The van der Waals surface area contributed by atoms with E-state index in [-0.39, 0.29) is 29.3 Å². The summed E-state index contributed by atoms with van der Waals surface area (Å²) < 4.78 is 11.6. The Morgan fingerprint density at radius 1 is 1.22 bits per heavy atom. The number of ether oxygens (including phenoxy) is 1. The fourth-order valence-electron chi connectivity index (χ4n) is 6.00. The van der Waals surface area contributed by atoms with Crippen molar-refractivity contribution < 1.29 is 29.3 Å². The van der Waals surface area contributed by atoms with E-state index in [1.165, 1.54) is 0 Å². The lowest BCUT2D eigenvalue weighted by atomic mass is 9.68. The molecule has 1 saturated heterocycles. The quantitative estimate of drug-likeness (QED) is 0.402. The van der Waals surface area contributed by atoms with Crippen LogP contribution in [-0.2, 0) is 11.2 Å². The summed E-state index contributed by atoms with van der Waals surface area (Å²) in [6, 6.07) is 1.95. The number of aromatic hydroxyl groups is 1. The molecule has 1 unspecified atom stereocenters. The standard InChI is InChI=1S/C26H36O6/c1-5-7-17(15-10-21(28)26(22(29)11-15)23(6-2)32-26)20-13-31-25-18(20)9-16(8-14(3)4)24(30)19(25)12-27/h9,12-15,17,21-23,28-30H,5-8,10-11H2,1-4H3/t15?,17-,21-,22-,23?,26?/m1/s1. The Kier molecular flexibility index (Phi) is 6.40. The lowest BCUT2D eigenvalue weighted by Crippen LogP contribution is -2.50. The minimum Gasteiger partial charge on any atom is -0.507 e. The number of phenols is 1. The molecule has 1 aromatic heterocycles. The second-order valence-corrected chi connectivity index (χ2v) is 10.1. The van der Waals surface area contributed by atoms with E-state index in [1.807, 2.05) is 13.0 Å². The van der Waals surface area contributed by atoms with Gasteiger partial charge in [0.05, 0.1) is 30.1 Å². The molecule has 0 radical (unpaired) electrons. The molecule has 2 aromatic rings. The van der Waals surface area contributed by atoms with E-state index in [4.69, 9.17) is 9.15 Å². The molecule has 4 rings (SSSR count). The normalized spacial score (nSPS) is 30.8. The number of carbonyl (C=O) groups is 1. The van der Waals surface area contributed by atoms with Crippen molar-refractivity contribution in [3.63, 3.8) is 0 Å². The van der Waals surface area contributed by atoms with Crippen LogP contribution < -0.4 is 0 Å². The number of benzene rings is 1. The van der Waals surface area contributed by atoms with Crippen molar-refractivity contribution in [1.29, 1.82) is 0 Å². The van der Waals surface area contributed by atoms with Crippen LogP contribution in [0.2, 0.25) is 0 Å². The van der Waals surface area contributed by atoms with Gasteiger partial charge in [-0.3, -0.25) is 4.79 Å². The number of carbonyl (C=O) groups excluding carboxylic acids is 1. The van der Waals surface area contributed by atoms with E-state index in [0.29, 0.717) is 37.0 Å². The minimum absolute atomic E-state index is 0.00363. The van der Waals surface area contributed by atoms with Crippen LogP contribution in [0.3, 0.4) is 0 Å².